The minimum Gasteiger partial charge on any atom is -0.374 e. The Morgan fingerprint density at radius 1 is 1.42 bits per heavy atom. The third-order valence-electron chi connectivity index (χ3n) is 2.24. The number of ether oxygens (including phenoxy) is 1. The molecule has 8 heteroatoms. The van der Waals surface area contributed by atoms with Crippen molar-refractivity contribution >= 4 is 5.69 Å². The highest BCUT2D eigenvalue weighted by Gasteiger charge is 2.16. The number of nitro groups is 1. The zero-order chi connectivity index (χ0) is 14.3. The molecule has 0 saturated heterocycles. The second-order valence-corrected chi connectivity index (χ2v) is 3.65. The molecule has 106 valence electrons. The minimum atomic E-state index is -2.52. The van der Waals surface area contributed by atoms with Crippen molar-refractivity contribution in [1.29, 1.82) is 0 Å². The van der Waals surface area contributed by atoms with E-state index >= 15 is 0 Å². The number of alkyl halides is 2. The summed E-state index contributed by atoms with van der Waals surface area (Å²) >= 11 is 0. The van der Waals surface area contributed by atoms with E-state index in [2.05, 4.69) is 10.1 Å². The summed E-state index contributed by atoms with van der Waals surface area (Å²) in [5.41, 5.74) is -0.448. The van der Waals surface area contributed by atoms with E-state index in [0.29, 0.717) is 0 Å². The lowest BCUT2D eigenvalue weighted by Crippen LogP contribution is -2.21. The Morgan fingerprint density at radius 2 is 2.16 bits per heavy atom. The maximum atomic E-state index is 13.6. The summed E-state index contributed by atoms with van der Waals surface area (Å²) in [5, 5.41) is 13.3. The van der Waals surface area contributed by atoms with Crippen LogP contribution < -0.4 is 5.32 Å². The summed E-state index contributed by atoms with van der Waals surface area (Å²) < 4.78 is 41.6. The molecule has 19 heavy (non-hydrogen) atoms. The predicted molar refractivity (Wildman–Crippen MR) is 61.6 cm³/mol. The monoisotopic (exact) mass is 278 g/mol. The van der Waals surface area contributed by atoms with E-state index in [-0.39, 0.29) is 25.3 Å². The molecule has 0 aromatic heterocycles. The van der Waals surface area contributed by atoms with E-state index in [4.69, 9.17) is 0 Å². The lowest BCUT2D eigenvalue weighted by Gasteiger charge is -2.07. The second kappa shape index (κ2) is 7.70. The maximum absolute atomic E-state index is 13.6. The number of benzene rings is 1. The third-order valence-corrected chi connectivity index (χ3v) is 2.24. The predicted octanol–water partition coefficient (Wildman–Crippen LogP) is 2.11. The summed E-state index contributed by atoms with van der Waals surface area (Å²) in [6.45, 7) is -0.284. The molecule has 0 spiro atoms. The zero-order valence-electron chi connectivity index (χ0n) is 9.94. The van der Waals surface area contributed by atoms with Crippen molar-refractivity contribution in [2.24, 2.45) is 0 Å². The Kier molecular flexibility index (Phi) is 6.23. The van der Waals surface area contributed by atoms with Gasteiger partial charge in [-0.15, -0.1) is 0 Å². The first-order valence-corrected chi connectivity index (χ1v) is 5.50. The minimum absolute atomic E-state index is 0.0564. The Hall–Kier alpha value is -1.67. The molecule has 0 aliphatic heterocycles. The van der Waals surface area contributed by atoms with Crippen LogP contribution in [0, 0.1) is 15.9 Å². The summed E-state index contributed by atoms with van der Waals surface area (Å²) in [6.07, 6.45) is -2.52. The Labute approximate surface area is 107 Å². The highest BCUT2D eigenvalue weighted by Crippen LogP contribution is 2.19. The molecule has 0 radical (unpaired) electrons. The van der Waals surface area contributed by atoms with Crippen LogP contribution in [0.25, 0.3) is 0 Å². The van der Waals surface area contributed by atoms with Gasteiger partial charge in [-0.3, -0.25) is 10.1 Å². The number of hydrogen-bond acceptors (Lipinski definition) is 4. The van der Waals surface area contributed by atoms with Crippen LogP contribution >= 0.6 is 0 Å². The molecule has 0 aliphatic carbocycles. The molecule has 0 heterocycles. The average molecular weight is 278 g/mol. The number of hydrogen-bond donors (Lipinski definition) is 1. The summed E-state index contributed by atoms with van der Waals surface area (Å²) in [6, 6.07) is 3.87. The van der Waals surface area contributed by atoms with Crippen molar-refractivity contribution in [1.82, 2.24) is 5.32 Å². The molecule has 0 bridgehead atoms. The molecule has 0 unspecified atom stereocenters. The fraction of sp³-hybridized carbons (Fsp3) is 0.455. The van der Waals surface area contributed by atoms with Crippen LogP contribution in [0.3, 0.4) is 0 Å². The third kappa shape index (κ3) is 5.23. The molecule has 1 aromatic carbocycles. The van der Waals surface area contributed by atoms with Gasteiger partial charge >= 0.3 is 5.69 Å². The van der Waals surface area contributed by atoms with Crippen LogP contribution in [0.1, 0.15) is 5.56 Å². The van der Waals surface area contributed by atoms with Crippen LogP contribution in [0.2, 0.25) is 0 Å². The molecule has 5 nitrogen and oxygen atoms in total. The normalized spacial score (nSPS) is 10.9. The molecule has 0 aliphatic rings. The zero-order valence-corrected chi connectivity index (χ0v) is 9.94. The SMILES string of the molecule is O=[N+]([O-])c1cccc(CNCCOCC(F)F)c1F. The van der Waals surface area contributed by atoms with Gasteiger partial charge in [-0.25, -0.2) is 8.78 Å². The van der Waals surface area contributed by atoms with Gasteiger partial charge in [-0.05, 0) is 0 Å². The Morgan fingerprint density at radius 3 is 2.79 bits per heavy atom. The molecule has 0 atom stereocenters. The van der Waals surface area contributed by atoms with E-state index in [1.807, 2.05) is 0 Å². The fourth-order valence-electron chi connectivity index (χ4n) is 1.38. The first-order chi connectivity index (χ1) is 9.02. The van der Waals surface area contributed by atoms with Gasteiger partial charge in [0.2, 0.25) is 5.82 Å². The number of halogens is 3. The average Bonchev–Trinajstić information content (AvgIpc) is 2.34. The maximum Gasteiger partial charge on any atom is 0.305 e. The standard InChI is InChI=1S/C11H13F3N2O3/c12-10(13)7-19-5-4-15-6-8-2-1-3-9(11(8)14)16(17)18/h1-3,10,15H,4-7H2. The molecule has 0 amide bonds. The smallest absolute Gasteiger partial charge is 0.305 e. The molecule has 0 fully saturated rings. The van der Waals surface area contributed by atoms with Gasteiger partial charge in [0.05, 0.1) is 11.5 Å². The highest BCUT2D eigenvalue weighted by molar-refractivity contribution is 5.36. The van der Waals surface area contributed by atoms with Gasteiger partial charge in [0.15, 0.2) is 0 Å². The number of rotatable bonds is 8. The van der Waals surface area contributed by atoms with E-state index < -0.39 is 29.5 Å². The van der Waals surface area contributed by atoms with Gasteiger partial charge in [-0.1, -0.05) is 12.1 Å². The first-order valence-electron chi connectivity index (χ1n) is 5.50. The number of nitrogens with one attached hydrogen (secondary N) is 1. The Bertz CT molecular complexity index is 430. The topological polar surface area (TPSA) is 64.4 Å². The van der Waals surface area contributed by atoms with Gasteiger partial charge in [0.1, 0.15) is 6.61 Å². The molecule has 1 N–H and O–H groups in total. The molecule has 1 aromatic rings. The highest BCUT2D eigenvalue weighted by atomic mass is 19.3. The lowest BCUT2D eigenvalue weighted by atomic mass is 10.2. The van der Waals surface area contributed by atoms with Gasteiger partial charge in [-0.2, -0.15) is 4.39 Å². The number of nitrogens with zero attached hydrogens (tertiary/aromatic N) is 1. The van der Waals surface area contributed by atoms with Gasteiger partial charge < -0.3 is 10.1 Å². The lowest BCUT2D eigenvalue weighted by molar-refractivity contribution is -0.387. The fourth-order valence-corrected chi connectivity index (χ4v) is 1.38. The van der Waals surface area contributed by atoms with Crippen molar-refractivity contribution in [2.75, 3.05) is 19.8 Å². The van der Waals surface area contributed by atoms with Crippen molar-refractivity contribution in [2.45, 2.75) is 13.0 Å². The van der Waals surface area contributed by atoms with Crippen LogP contribution in [-0.2, 0) is 11.3 Å². The van der Waals surface area contributed by atoms with Gasteiger partial charge in [0.25, 0.3) is 6.43 Å². The summed E-state index contributed by atoms with van der Waals surface area (Å²) in [5.74, 6) is -0.895. The van der Waals surface area contributed by atoms with Gasteiger partial charge in [0, 0.05) is 24.7 Å². The van der Waals surface area contributed by atoms with Crippen molar-refractivity contribution < 1.29 is 22.8 Å². The quantitative estimate of drug-likeness (QED) is 0.449. The van der Waals surface area contributed by atoms with E-state index in [1.54, 1.807) is 0 Å². The largest absolute Gasteiger partial charge is 0.374 e. The second-order valence-electron chi connectivity index (χ2n) is 3.65. The van der Waals surface area contributed by atoms with Crippen LogP contribution in [0.4, 0.5) is 18.9 Å². The molecule has 1 rings (SSSR count). The van der Waals surface area contributed by atoms with E-state index in [0.717, 1.165) is 6.07 Å². The van der Waals surface area contributed by atoms with Crippen molar-refractivity contribution in [3.8, 4) is 0 Å². The van der Waals surface area contributed by atoms with Crippen LogP contribution in [-0.4, -0.2) is 31.1 Å². The van der Waals surface area contributed by atoms with Crippen LogP contribution in [0.15, 0.2) is 18.2 Å². The Balaban J connectivity index is 2.37. The molecular weight excluding hydrogens is 265 g/mol. The first kappa shape index (κ1) is 15.4. The summed E-state index contributed by atoms with van der Waals surface area (Å²) in [4.78, 5) is 9.71. The van der Waals surface area contributed by atoms with Crippen molar-refractivity contribution in [3.05, 3.63) is 39.7 Å². The van der Waals surface area contributed by atoms with Crippen molar-refractivity contribution in [3.63, 3.8) is 0 Å². The van der Waals surface area contributed by atoms with E-state index in [9.17, 15) is 23.3 Å². The van der Waals surface area contributed by atoms with Crippen LogP contribution in [0.5, 0.6) is 0 Å². The molecular formula is C11H13F3N2O3. The number of nitro benzene ring substituents is 1. The summed E-state index contributed by atoms with van der Waals surface area (Å²) in [7, 11) is 0. The molecule has 0 saturated carbocycles. The van der Waals surface area contributed by atoms with E-state index in [1.165, 1.54) is 12.1 Å².